The summed E-state index contributed by atoms with van der Waals surface area (Å²) in [7, 11) is 0. The summed E-state index contributed by atoms with van der Waals surface area (Å²) >= 11 is 0. The normalized spacial score (nSPS) is 13.9. The average molecular weight is 687 g/mol. The standard InChI is InChI=1S/C36H46N8O6/c1-17(2)29(39-21(7)33(45)43-35(47)48)31-37-15-27(41-31)24-11-9-23(10-12-24)25-13-14-26(20(6)19(25)5)28-16-38-32(42-28)30(18(3)4)40-22(8)34(46)44-36(49)50/h9-18,21-22,29-30,39-40H,1-8H3,(H,37,41)(H,38,42)(H,43,45)(H,44,46)(H,47,48)(H,49,50)/t21?,22-,29?,30-/m0/s1. The number of carbonyl (C=O) groups excluding carboxylic acids is 2. The molecule has 14 nitrogen and oxygen atoms in total. The Kier molecular flexibility index (Phi) is 11.9. The van der Waals surface area contributed by atoms with Gasteiger partial charge in [0.15, 0.2) is 0 Å². The van der Waals surface area contributed by atoms with Gasteiger partial charge in [-0.25, -0.2) is 19.6 Å². The Morgan fingerprint density at radius 2 is 1.00 bits per heavy atom. The molecule has 8 N–H and O–H groups in total. The summed E-state index contributed by atoms with van der Waals surface area (Å²) in [5.74, 6) is 0.151. The van der Waals surface area contributed by atoms with E-state index in [4.69, 9.17) is 10.2 Å². The fraction of sp³-hybridized carbons (Fsp3) is 0.389. The van der Waals surface area contributed by atoms with Crippen LogP contribution in [0.15, 0.2) is 48.8 Å². The van der Waals surface area contributed by atoms with Gasteiger partial charge in [0.1, 0.15) is 11.6 Å². The fourth-order valence-corrected chi connectivity index (χ4v) is 5.82. The SMILES string of the molecule is Cc1c(-c2ccc(-c3cnc(C(NC(C)C(=O)NC(=O)O)C(C)C)[nH]3)cc2)ccc(-c2cnc([C@@H](N[C@@H](C)C(=O)NC(=O)O)C(C)C)[nH]2)c1C. The van der Waals surface area contributed by atoms with Crippen molar-refractivity contribution in [2.24, 2.45) is 11.8 Å². The number of imidazole rings is 2. The van der Waals surface area contributed by atoms with Crippen molar-refractivity contribution in [1.29, 1.82) is 0 Å². The molecule has 2 heterocycles. The highest BCUT2D eigenvalue weighted by Gasteiger charge is 2.27. The number of imide groups is 2. The first-order valence-electron chi connectivity index (χ1n) is 16.5. The van der Waals surface area contributed by atoms with Gasteiger partial charge in [-0.2, -0.15) is 0 Å². The smallest absolute Gasteiger partial charge is 0.411 e. The van der Waals surface area contributed by atoms with Crippen molar-refractivity contribution in [3.63, 3.8) is 0 Å². The number of hydrogen-bond donors (Lipinski definition) is 8. The molecular formula is C36H46N8O6. The lowest BCUT2D eigenvalue weighted by atomic mass is 9.92. The van der Waals surface area contributed by atoms with E-state index in [-0.39, 0.29) is 23.9 Å². The summed E-state index contributed by atoms with van der Waals surface area (Å²) in [6.07, 6.45) is 0.727. The second kappa shape index (κ2) is 15.9. The quantitative estimate of drug-likeness (QED) is 0.0860. The number of hydrogen-bond acceptors (Lipinski definition) is 8. The Morgan fingerprint density at radius 3 is 1.46 bits per heavy atom. The van der Waals surface area contributed by atoms with Gasteiger partial charge in [-0.15, -0.1) is 0 Å². The van der Waals surface area contributed by atoms with E-state index in [0.717, 1.165) is 44.8 Å². The lowest BCUT2D eigenvalue weighted by molar-refractivity contribution is -0.123. The predicted octanol–water partition coefficient (Wildman–Crippen LogP) is 5.69. The fourth-order valence-electron chi connectivity index (χ4n) is 5.82. The van der Waals surface area contributed by atoms with Crippen LogP contribution in [0.25, 0.3) is 33.6 Å². The first-order chi connectivity index (χ1) is 23.6. The lowest BCUT2D eigenvalue weighted by Crippen LogP contribution is -2.46. The molecule has 0 bridgehead atoms. The van der Waals surface area contributed by atoms with Crippen molar-refractivity contribution >= 4 is 24.0 Å². The summed E-state index contributed by atoms with van der Waals surface area (Å²) in [6.45, 7) is 15.3. The van der Waals surface area contributed by atoms with Crippen molar-refractivity contribution in [2.75, 3.05) is 0 Å². The maximum absolute atomic E-state index is 12.2. The molecule has 2 aromatic heterocycles. The van der Waals surface area contributed by atoms with Crippen LogP contribution >= 0.6 is 0 Å². The first-order valence-corrected chi connectivity index (χ1v) is 16.5. The summed E-state index contributed by atoms with van der Waals surface area (Å²) in [5, 5.41) is 27.9. The van der Waals surface area contributed by atoms with E-state index in [1.807, 2.05) is 50.5 Å². The Labute approximate surface area is 290 Å². The van der Waals surface area contributed by atoms with Gasteiger partial charge in [-0.3, -0.25) is 30.9 Å². The molecule has 0 radical (unpaired) electrons. The minimum atomic E-state index is -1.40. The number of nitrogens with one attached hydrogen (secondary N) is 6. The lowest BCUT2D eigenvalue weighted by Gasteiger charge is -2.24. The van der Waals surface area contributed by atoms with Gasteiger partial charge >= 0.3 is 12.2 Å². The molecule has 0 spiro atoms. The molecule has 2 unspecified atom stereocenters. The van der Waals surface area contributed by atoms with E-state index in [0.29, 0.717) is 11.6 Å². The van der Waals surface area contributed by atoms with Crippen molar-refractivity contribution in [3.05, 3.63) is 71.6 Å². The van der Waals surface area contributed by atoms with Gasteiger partial charge in [0.2, 0.25) is 11.8 Å². The summed E-state index contributed by atoms with van der Waals surface area (Å²) in [5.41, 5.74) is 7.90. The predicted molar refractivity (Wildman–Crippen MR) is 189 cm³/mol. The van der Waals surface area contributed by atoms with Crippen LogP contribution in [-0.2, 0) is 9.59 Å². The number of aromatic nitrogens is 4. The van der Waals surface area contributed by atoms with Crippen molar-refractivity contribution in [1.82, 2.24) is 41.2 Å². The van der Waals surface area contributed by atoms with Crippen molar-refractivity contribution in [2.45, 2.75) is 79.6 Å². The zero-order valence-electron chi connectivity index (χ0n) is 29.5. The first kappa shape index (κ1) is 37.5. The van der Waals surface area contributed by atoms with E-state index < -0.39 is 36.1 Å². The van der Waals surface area contributed by atoms with Crippen LogP contribution in [0.3, 0.4) is 0 Å². The molecule has 266 valence electrons. The van der Waals surface area contributed by atoms with Crippen LogP contribution in [0.2, 0.25) is 0 Å². The maximum Gasteiger partial charge on any atom is 0.411 e. The summed E-state index contributed by atoms with van der Waals surface area (Å²) < 4.78 is 0. The molecule has 0 saturated heterocycles. The van der Waals surface area contributed by atoms with Gasteiger partial charge in [0, 0.05) is 5.56 Å². The summed E-state index contributed by atoms with van der Waals surface area (Å²) in [6, 6.07) is 10.2. The third kappa shape index (κ3) is 8.81. The van der Waals surface area contributed by atoms with Gasteiger partial charge in [0.25, 0.3) is 0 Å². The van der Waals surface area contributed by atoms with Gasteiger partial charge < -0.3 is 20.2 Å². The second-order valence-corrected chi connectivity index (χ2v) is 13.2. The zero-order valence-corrected chi connectivity index (χ0v) is 29.5. The van der Waals surface area contributed by atoms with Crippen molar-refractivity contribution < 1.29 is 29.4 Å². The third-order valence-electron chi connectivity index (χ3n) is 8.80. The van der Waals surface area contributed by atoms with Crippen LogP contribution in [0, 0.1) is 25.7 Å². The van der Waals surface area contributed by atoms with Gasteiger partial charge in [-0.1, -0.05) is 64.1 Å². The van der Waals surface area contributed by atoms with Crippen LogP contribution < -0.4 is 21.3 Å². The van der Waals surface area contributed by atoms with Crippen LogP contribution in [0.5, 0.6) is 0 Å². The minimum absolute atomic E-state index is 0.0614. The number of carboxylic acid groups (broad SMARTS) is 2. The van der Waals surface area contributed by atoms with E-state index in [1.165, 1.54) is 0 Å². The minimum Gasteiger partial charge on any atom is -0.465 e. The molecule has 0 fully saturated rings. The molecule has 0 saturated carbocycles. The zero-order chi connectivity index (χ0) is 36.9. The molecule has 4 rings (SSSR count). The number of carbonyl (C=O) groups is 4. The van der Waals surface area contributed by atoms with E-state index in [2.05, 4.69) is 68.7 Å². The van der Waals surface area contributed by atoms with E-state index >= 15 is 0 Å². The third-order valence-corrected chi connectivity index (χ3v) is 8.80. The molecule has 0 aliphatic heterocycles. The number of rotatable bonds is 13. The number of nitrogens with zero attached hydrogens (tertiary/aromatic N) is 2. The van der Waals surface area contributed by atoms with Crippen LogP contribution in [0.1, 0.15) is 76.4 Å². The maximum atomic E-state index is 12.2. The van der Waals surface area contributed by atoms with E-state index in [9.17, 15) is 19.2 Å². The highest BCUT2D eigenvalue weighted by atomic mass is 16.4. The van der Waals surface area contributed by atoms with Crippen LogP contribution in [0.4, 0.5) is 9.59 Å². The topological polar surface area (TPSA) is 214 Å². The van der Waals surface area contributed by atoms with Crippen LogP contribution in [-0.4, -0.2) is 66.2 Å². The summed E-state index contributed by atoms with van der Waals surface area (Å²) in [4.78, 5) is 62.1. The number of amides is 4. The largest absolute Gasteiger partial charge is 0.465 e. The molecule has 0 aliphatic carbocycles. The molecular weight excluding hydrogens is 640 g/mol. The molecule has 0 aliphatic rings. The molecule has 4 aromatic rings. The average Bonchev–Trinajstić information content (AvgIpc) is 3.73. The van der Waals surface area contributed by atoms with E-state index in [1.54, 1.807) is 26.2 Å². The molecule has 50 heavy (non-hydrogen) atoms. The highest BCUT2D eigenvalue weighted by Crippen LogP contribution is 2.34. The molecule has 2 aromatic carbocycles. The van der Waals surface area contributed by atoms with Gasteiger partial charge in [0.05, 0.1) is 47.9 Å². The Morgan fingerprint density at radius 1 is 0.600 bits per heavy atom. The molecule has 14 heteroatoms. The number of H-pyrrole nitrogens is 2. The molecule has 4 atom stereocenters. The Hall–Kier alpha value is -5.34. The van der Waals surface area contributed by atoms with Crippen molar-refractivity contribution in [3.8, 4) is 33.6 Å². The Bertz CT molecular complexity index is 1840. The Balaban J connectivity index is 1.51. The monoisotopic (exact) mass is 686 g/mol. The number of benzene rings is 2. The number of aromatic amines is 2. The second-order valence-electron chi connectivity index (χ2n) is 13.2. The highest BCUT2D eigenvalue weighted by molar-refractivity contribution is 5.94. The molecule has 4 amide bonds. The van der Waals surface area contributed by atoms with Gasteiger partial charge in [-0.05, 0) is 67.3 Å².